The molecule has 0 radical (unpaired) electrons. The van der Waals surface area contributed by atoms with Gasteiger partial charge in [-0.25, -0.2) is 4.99 Å². The van der Waals surface area contributed by atoms with Gasteiger partial charge in [-0.15, -0.1) is 0 Å². The normalized spacial score (nSPS) is 22.4. The lowest BCUT2D eigenvalue weighted by molar-refractivity contribution is -0.112. The molecular formula is C15H13ClN2O. The molecule has 0 amide bonds. The zero-order valence-corrected chi connectivity index (χ0v) is 11.3. The lowest BCUT2D eigenvalue weighted by atomic mass is 9.96. The van der Waals surface area contributed by atoms with E-state index in [1.165, 1.54) is 0 Å². The van der Waals surface area contributed by atoms with Crippen LogP contribution in [0.4, 0.5) is 0 Å². The van der Waals surface area contributed by atoms with Crippen molar-refractivity contribution in [2.45, 2.75) is 11.9 Å². The largest absolute Gasteiger partial charge is 0.340 e. The van der Waals surface area contributed by atoms with Gasteiger partial charge in [-0.1, -0.05) is 48.0 Å². The quantitative estimate of drug-likeness (QED) is 0.582. The molecule has 0 bridgehead atoms. The molecular weight excluding hydrogens is 260 g/mol. The number of ketones is 1. The number of hydrogen-bond acceptors (Lipinski definition) is 3. The van der Waals surface area contributed by atoms with Gasteiger partial charge in [-0.2, -0.15) is 0 Å². The number of benzene rings is 1. The molecule has 1 aromatic rings. The summed E-state index contributed by atoms with van der Waals surface area (Å²) in [6, 6.07) is 9.54. The molecule has 2 heterocycles. The molecule has 0 saturated carbocycles. The minimum absolute atomic E-state index is 0.0519. The van der Waals surface area contributed by atoms with Crippen molar-refractivity contribution in [1.82, 2.24) is 4.90 Å². The predicted molar refractivity (Wildman–Crippen MR) is 76.2 cm³/mol. The number of Topliss-reactive ketones (excluding diaryl/α,β-unsaturated/α-hetero) is 1. The van der Waals surface area contributed by atoms with Crippen molar-refractivity contribution < 1.29 is 4.79 Å². The van der Waals surface area contributed by atoms with E-state index in [1.54, 1.807) is 0 Å². The average Bonchev–Trinajstić information content (AvgIpc) is 2.44. The summed E-state index contributed by atoms with van der Waals surface area (Å²) in [5, 5.41) is 0. The number of nitrogens with zero attached hydrogens (tertiary/aromatic N) is 2. The van der Waals surface area contributed by atoms with Gasteiger partial charge in [0.1, 0.15) is 17.0 Å². The first-order chi connectivity index (χ1) is 9.16. The Morgan fingerprint density at radius 2 is 2.05 bits per heavy atom. The first kappa shape index (κ1) is 12.2. The Kier molecular flexibility index (Phi) is 2.99. The van der Waals surface area contributed by atoms with E-state index in [0.717, 1.165) is 17.0 Å². The van der Waals surface area contributed by atoms with Crippen molar-refractivity contribution in [2.75, 3.05) is 7.05 Å². The van der Waals surface area contributed by atoms with E-state index in [9.17, 15) is 4.79 Å². The van der Waals surface area contributed by atoms with Crippen molar-refractivity contribution in [3.05, 3.63) is 59.4 Å². The molecule has 0 aromatic heterocycles. The zero-order chi connectivity index (χ0) is 13.4. The summed E-state index contributed by atoms with van der Waals surface area (Å²) in [4.78, 5) is 18.6. The van der Waals surface area contributed by atoms with Crippen LogP contribution in [0.3, 0.4) is 0 Å². The molecule has 0 fully saturated rings. The highest BCUT2D eigenvalue weighted by atomic mass is 35.5. The third-order valence-corrected chi connectivity index (χ3v) is 3.77. The molecule has 2 aliphatic rings. The zero-order valence-electron chi connectivity index (χ0n) is 10.5. The van der Waals surface area contributed by atoms with Gasteiger partial charge < -0.3 is 4.90 Å². The number of halogens is 1. The van der Waals surface area contributed by atoms with E-state index in [0.29, 0.717) is 12.1 Å². The third-order valence-electron chi connectivity index (χ3n) is 3.33. The van der Waals surface area contributed by atoms with Gasteiger partial charge in [0.2, 0.25) is 0 Å². The van der Waals surface area contributed by atoms with Gasteiger partial charge in [0.05, 0.1) is 0 Å². The molecule has 3 rings (SSSR count). The standard InChI is InChI=1S/C15H13ClN2O/c1-18-13(16)8-7-11-9-12(19)14(17-15(11)18)10-5-3-2-4-6-10/h2-8,13H,9H2,1H3. The number of carbonyl (C=O) groups is 1. The molecule has 2 aliphatic heterocycles. The summed E-state index contributed by atoms with van der Waals surface area (Å²) in [5.74, 6) is 0.844. The number of aliphatic imine (C=N–C) groups is 1. The summed E-state index contributed by atoms with van der Waals surface area (Å²) >= 11 is 6.17. The number of likely N-dealkylation sites (N-methyl/N-ethyl adjacent to an activating group) is 1. The van der Waals surface area contributed by atoms with Crippen LogP contribution < -0.4 is 0 Å². The van der Waals surface area contributed by atoms with E-state index in [4.69, 9.17) is 11.6 Å². The van der Waals surface area contributed by atoms with Crippen molar-refractivity contribution >= 4 is 23.1 Å². The lowest BCUT2D eigenvalue weighted by Crippen LogP contribution is -2.32. The van der Waals surface area contributed by atoms with Crippen LogP contribution in [0, 0.1) is 0 Å². The molecule has 19 heavy (non-hydrogen) atoms. The molecule has 96 valence electrons. The van der Waals surface area contributed by atoms with E-state index >= 15 is 0 Å². The molecule has 0 spiro atoms. The highest BCUT2D eigenvalue weighted by Gasteiger charge is 2.28. The van der Waals surface area contributed by atoms with Crippen LogP contribution >= 0.6 is 11.6 Å². The minimum atomic E-state index is -0.215. The van der Waals surface area contributed by atoms with E-state index < -0.39 is 0 Å². The van der Waals surface area contributed by atoms with E-state index in [2.05, 4.69) is 4.99 Å². The fourth-order valence-corrected chi connectivity index (χ4v) is 2.44. The van der Waals surface area contributed by atoms with Crippen LogP contribution in [-0.4, -0.2) is 28.9 Å². The Labute approximate surface area is 116 Å². The van der Waals surface area contributed by atoms with Gasteiger partial charge in [0.25, 0.3) is 0 Å². The average molecular weight is 273 g/mol. The van der Waals surface area contributed by atoms with E-state index in [-0.39, 0.29) is 11.3 Å². The smallest absolute Gasteiger partial charge is 0.186 e. The minimum Gasteiger partial charge on any atom is -0.340 e. The Balaban J connectivity index is 2.07. The summed E-state index contributed by atoms with van der Waals surface area (Å²) in [5.41, 5.74) is 2.09. The van der Waals surface area contributed by atoms with Crippen LogP contribution in [-0.2, 0) is 4.79 Å². The van der Waals surface area contributed by atoms with Crippen molar-refractivity contribution in [3.8, 4) is 0 Å². The Morgan fingerprint density at radius 3 is 2.79 bits per heavy atom. The third kappa shape index (κ3) is 2.10. The first-order valence-electron chi connectivity index (χ1n) is 6.12. The maximum Gasteiger partial charge on any atom is 0.186 e. The predicted octanol–water partition coefficient (Wildman–Crippen LogP) is 2.73. The number of carbonyl (C=O) groups excluding carboxylic acids is 1. The molecule has 0 aliphatic carbocycles. The van der Waals surface area contributed by atoms with Crippen LogP contribution in [0.15, 0.2) is 58.9 Å². The molecule has 1 aromatic carbocycles. The summed E-state index contributed by atoms with van der Waals surface area (Å²) < 4.78 is 0. The molecule has 1 unspecified atom stereocenters. The van der Waals surface area contributed by atoms with Gasteiger partial charge in [-0.3, -0.25) is 4.79 Å². The Morgan fingerprint density at radius 1 is 1.32 bits per heavy atom. The van der Waals surface area contributed by atoms with Gasteiger partial charge in [0.15, 0.2) is 5.78 Å². The van der Waals surface area contributed by atoms with Crippen LogP contribution in [0.1, 0.15) is 12.0 Å². The van der Waals surface area contributed by atoms with Crippen molar-refractivity contribution in [3.63, 3.8) is 0 Å². The Bertz CT molecular complexity index is 616. The fourth-order valence-electron chi connectivity index (χ4n) is 2.28. The number of alkyl halides is 1. The van der Waals surface area contributed by atoms with Crippen LogP contribution in [0.25, 0.3) is 0 Å². The first-order valence-corrected chi connectivity index (χ1v) is 6.56. The molecule has 0 N–H and O–H groups in total. The van der Waals surface area contributed by atoms with Crippen molar-refractivity contribution in [2.24, 2.45) is 4.99 Å². The summed E-state index contributed by atoms with van der Waals surface area (Å²) in [6.07, 6.45) is 4.15. The highest BCUT2D eigenvalue weighted by molar-refractivity contribution is 6.47. The number of hydrogen-bond donors (Lipinski definition) is 0. The summed E-state index contributed by atoms with van der Waals surface area (Å²) in [7, 11) is 1.89. The molecule has 1 atom stereocenters. The van der Waals surface area contributed by atoms with Gasteiger partial charge in [0, 0.05) is 24.6 Å². The SMILES string of the molecule is CN1C2=C(C=CC1Cl)CC(=O)C(c1ccccc1)=N2. The van der Waals surface area contributed by atoms with Crippen LogP contribution in [0.5, 0.6) is 0 Å². The molecule has 3 nitrogen and oxygen atoms in total. The topological polar surface area (TPSA) is 32.7 Å². The van der Waals surface area contributed by atoms with E-state index in [1.807, 2.05) is 54.4 Å². The summed E-state index contributed by atoms with van der Waals surface area (Å²) in [6.45, 7) is 0. The second kappa shape index (κ2) is 4.67. The monoisotopic (exact) mass is 272 g/mol. The second-order valence-corrected chi connectivity index (χ2v) is 5.07. The molecule has 4 heteroatoms. The Hall–Kier alpha value is -1.87. The number of rotatable bonds is 1. The molecule has 0 saturated heterocycles. The maximum absolute atomic E-state index is 12.2. The van der Waals surface area contributed by atoms with Gasteiger partial charge in [-0.05, 0) is 6.08 Å². The number of allylic oxidation sites excluding steroid dienone is 2. The lowest BCUT2D eigenvalue weighted by Gasteiger charge is -2.30. The van der Waals surface area contributed by atoms with Crippen LogP contribution in [0.2, 0.25) is 0 Å². The van der Waals surface area contributed by atoms with Gasteiger partial charge >= 0.3 is 0 Å². The highest BCUT2D eigenvalue weighted by Crippen LogP contribution is 2.29. The fraction of sp³-hybridized carbons (Fsp3) is 0.200. The van der Waals surface area contributed by atoms with Crippen molar-refractivity contribution in [1.29, 1.82) is 0 Å². The second-order valence-electron chi connectivity index (χ2n) is 4.62. The maximum atomic E-state index is 12.2.